The fourth-order valence-corrected chi connectivity index (χ4v) is 3.70. The van der Waals surface area contributed by atoms with E-state index in [1.807, 2.05) is 0 Å². The van der Waals surface area contributed by atoms with Gasteiger partial charge in [-0.2, -0.15) is 0 Å². The summed E-state index contributed by atoms with van der Waals surface area (Å²) in [4.78, 5) is 0. The number of hydrogen-bond acceptors (Lipinski definition) is 0. The van der Waals surface area contributed by atoms with Crippen molar-refractivity contribution >= 4 is 0 Å². The van der Waals surface area contributed by atoms with Gasteiger partial charge in [0.1, 0.15) is 0 Å². The van der Waals surface area contributed by atoms with Crippen LogP contribution in [0.5, 0.6) is 0 Å². The van der Waals surface area contributed by atoms with Gasteiger partial charge in [0.05, 0.1) is 0 Å². The topological polar surface area (TPSA) is 0 Å². The maximum absolute atomic E-state index is 2.44. The van der Waals surface area contributed by atoms with Gasteiger partial charge in [-0.1, -0.05) is 86.5 Å². The Balaban J connectivity index is 4.66. The van der Waals surface area contributed by atoms with Crippen LogP contribution in [0.3, 0.4) is 0 Å². The highest BCUT2D eigenvalue weighted by Crippen LogP contribution is 2.37. The summed E-state index contributed by atoms with van der Waals surface area (Å²) in [7, 11) is 0. The quantitative estimate of drug-likeness (QED) is 0.360. The Morgan fingerprint density at radius 2 is 1.28 bits per heavy atom. The van der Waals surface area contributed by atoms with E-state index in [-0.39, 0.29) is 0 Å². The summed E-state index contributed by atoms with van der Waals surface area (Å²) in [6.07, 6.45) is 11.2. The molecule has 2 unspecified atom stereocenters. The van der Waals surface area contributed by atoms with Crippen LogP contribution in [0.4, 0.5) is 0 Å². The standard InChI is InChI=1S/C18H38/c1-7-11-12-14-18(16(9-3)10-4)17(13-8-2)15(5)6/h15-18H,7-14H2,1-6H3. The lowest BCUT2D eigenvalue weighted by molar-refractivity contribution is 0.143. The molecule has 0 fully saturated rings. The minimum atomic E-state index is 0.858. The van der Waals surface area contributed by atoms with Crippen LogP contribution >= 0.6 is 0 Å². The van der Waals surface area contributed by atoms with Crippen LogP contribution < -0.4 is 0 Å². The molecule has 0 aliphatic carbocycles. The van der Waals surface area contributed by atoms with Crippen LogP contribution in [0, 0.1) is 23.7 Å². The SMILES string of the molecule is CCCCCC(C(CC)CC)C(CCC)C(C)C. The number of hydrogen-bond donors (Lipinski definition) is 0. The first-order chi connectivity index (χ1) is 8.62. The second-order valence-electron chi connectivity index (χ2n) is 6.43. The summed E-state index contributed by atoms with van der Waals surface area (Å²) in [5.41, 5.74) is 0. The van der Waals surface area contributed by atoms with Gasteiger partial charge >= 0.3 is 0 Å². The second-order valence-corrected chi connectivity index (χ2v) is 6.43. The molecule has 2 atom stereocenters. The molecule has 0 saturated heterocycles. The normalized spacial score (nSPS) is 15.3. The average molecular weight is 255 g/mol. The third-order valence-corrected chi connectivity index (χ3v) is 4.82. The summed E-state index contributed by atoms with van der Waals surface area (Å²) >= 11 is 0. The Morgan fingerprint density at radius 1 is 0.667 bits per heavy atom. The molecule has 0 spiro atoms. The molecule has 0 aromatic carbocycles. The van der Waals surface area contributed by atoms with Crippen LogP contribution in [0.15, 0.2) is 0 Å². The van der Waals surface area contributed by atoms with Gasteiger partial charge < -0.3 is 0 Å². The zero-order chi connectivity index (χ0) is 14.0. The Morgan fingerprint density at radius 3 is 1.67 bits per heavy atom. The van der Waals surface area contributed by atoms with Crippen molar-refractivity contribution in [3.05, 3.63) is 0 Å². The third-order valence-electron chi connectivity index (χ3n) is 4.82. The fourth-order valence-electron chi connectivity index (χ4n) is 3.70. The van der Waals surface area contributed by atoms with Gasteiger partial charge in [0, 0.05) is 0 Å². The predicted octanol–water partition coefficient (Wildman–Crippen LogP) is 6.69. The smallest absolute Gasteiger partial charge is 0.0355 e. The summed E-state index contributed by atoms with van der Waals surface area (Å²) in [6, 6.07) is 0. The first kappa shape index (κ1) is 18.0. The van der Waals surface area contributed by atoms with Crippen molar-refractivity contribution in [1.29, 1.82) is 0 Å². The van der Waals surface area contributed by atoms with E-state index in [2.05, 4.69) is 41.5 Å². The van der Waals surface area contributed by atoms with Gasteiger partial charge in [0.25, 0.3) is 0 Å². The van der Waals surface area contributed by atoms with Crippen LogP contribution in [0.1, 0.15) is 92.9 Å². The minimum absolute atomic E-state index is 0.858. The van der Waals surface area contributed by atoms with E-state index in [9.17, 15) is 0 Å². The van der Waals surface area contributed by atoms with Crippen LogP contribution in [-0.4, -0.2) is 0 Å². The van der Waals surface area contributed by atoms with E-state index < -0.39 is 0 Å². The van der Waals surface area contributed by atoms with E-state index in [0.29, 0.717) is 0 Å². The molecule has 0 rings (SSSR count). The maximum atomic E-state index is 2.44. The molecule has 0 heterocycles. The molecule has 18 heavy (non-hydrogen) atoms. The van der Waals surface area contributed by atoms with Gasteiger partial charge in [0.2, 0.25) is 0 Å². The lowest BCUT2D eigenvalue weighted by atomic mass is 9.70. The molecule has 0 heteroatoms. The third kappa shape index (κ3) is 6.25. The highest BCUT2D eigenvalue weighted by atomic mass is 14.3. The van der Waals surface area contributed by atoms with Crippen LogP contribution in [0.2, 0.25) is 0 Å². The molecule has 0 amide bonds. The molecule has 110 valence electrons. The van der Waals surface area contributed by atoms with Gasteiger partial charge in [-0.25, -0.2) is 0 Å². The molecule has 0 saturated carbocycles. The molecule has 0 radical (unpaired) electrons. The highest BCUT2D eigenvalue weighted by Gasteiger charge is 2.28. The van der Waals surface area contributed by atoms with Gasteiger partial charge in [0.15, 0.2) is 0 Å². The predicted molar refractivity (Wildman–Crippen MR) is 84.9 cm³/mol. The molecular weight excluding hydrogens is 216 g/mol. The largest absolute Gasteiger partial charge is 0.0654 e. The summed E-state index contributed by atoms with van der Waals surface area (Å²) in [5.74, 6) is 3.75. The van der Waals surface area contributed by atoms with Crippen LogP contribution in [0.25, 0.3) is 0 Å². The van der Waals surface area contributed by atoms with Crippen molar-refractivity contribution in [3.63, 3.8) is 0 Å². The molecule has 0 aliphatic heterocycles. The van der Waals surface area contributed by atoms with Crippen LogP contribution in [-0.2, 0) is 0 Å². The average Bonchev–Trinajstić information content (AvgIpc) is 2.35. The van der Waals surface area contributed by atoms with E-state index in [1.54, 1.807) is 0 Å². The Labute approximate surface area is 117 Å². The zero-order valence-electron chi connectivity index (χ0n) is 14.0. The van der Waals surface area contributed by atoms with Gasteiger partial charge in [-0.3, -0.25) is 0 Å². The highest BCUT2D eigenvalue weighted by molar-refractivity contribution is 4.78. The molecule has 0 aromatic heterocycles. The van der Waals surface area contributed by atoms with Crippen molar-refractivity contribution in [3.8, 4) is 0 Å². The fraction of sp³-hybridized carbons (Fsp3) is 1.00. The van der Waals surface area contributed by atoms with E-state index in [0.717, 1.165) is 23.7 Å². The van der Waals surface area contributed by atoms with E-state index >= 15 is 0 Å². The molecular formula is C18H38. The maximum Gasteiger partial charge on any atom is -0.0355 e. The first-order valence-corrected chi connectivity index (χ1v) is 8.62. The summed E-state index contributed by atoms with van der Waals surface area (Å²) in [5, 5.41) is 0. The van der Waals surface area contributed by atoms with Gasteiger partial charge in [-0.05, 0) is 30.1 Å². The number of rotatable bonds is 11. The molecule has 0 N–H and O–H groups in total. The lowest BCUT2D eigenvalue weighted by Crippen LogP contribution is -2.27. The van der Waals surface area contributed by atoms with E-state index in [1.165, 1.54) is 51.4 Å². The van der Waals surface area contributed by atoms with Crippen molar-refractivity contribution in [2.75, 3.05) is 0 Å². The summed E-state index contributed by atoms with van der Waals surface area (Å²) < 4.78 is 0. The van der Waals surface area contributed by atoms with Gasteiger partial charge in [-0.15, -0.1) is 0 Å². The molecule has 0 bridgehead atoms. The monoisotopic (exact) mass is 254 g/mol. The van der Waals surface area contributed by atoms with Crippen molar-refractivity contribution < 1.29 is 0 Å². The first-order valence-electron chi connectivity index (χ1n) is 8.62. The summed E-state index contributed by atoms with van der Waals surface area (Å²) in [6.45, 7) is 14.3. The molecule has 0 aromatic rings. The zero-order valence-corrected chi connectivity index (χ0v) is 14.0. The van der Waals surface area contributed by atoms with Crippen molar-refractivity contribution in [2.45, 2.75) is 92.9 Å². The molecule has 0 nitrogen and oxygen atoms in total. The minimum Gasteiger partial charge on any atom is -0.0654 e. The molecule has 0 aliphatic rings. The Bertz CT molecular complexity index is 167. The Hall–Kier alpha value is 0. The van der Waals surface area contributed by atoms with Crippen molar-refractivity contribution in [2.24, 2.45) is 23.7 Å². The lowest BCUT2D eigenvalue weighted by Gasteiger charge is -2.36. The van der Waals surface area contributed by atoms with Crippen molar-refractivity contribution in [1.82, 2.24) is 0 Å². The van der Waals surface area contributed by atoms with E-state index in [4.69, 9.17) is 0 Å². The number of unbranched alkanes of at least 4 members (excludes halogenated alkanes) is 2. The Kier molecular flexibility index (Phi) is 10.9. The second kappa shape index (κ2) is 10.9.